The van der Waals surface area contributed by atoms with Crippen LogP contribution in [-0.4, -0.2) is 69.1 Å². The third kappa shape index (κ3) is 2.91. The third-order valence-corrected chi connectivity index (χ3v) is 3.18. The fourth-order valence-electron chi connectivity index (χ4n) is 2.15. The second kappa shape index (κ2) is 5.46. The number of ether oxygens (including phenoxy) is 1. The van der Waals surface area contributed by atoms with Crippen molar-refractivity contribution in [3.8, 4) is 0 Å². The van der Waals surface area contributed by atoms with Crippen molar-refractivity contribution in [3.05, 3.63) is 12.3 Å². The van der Waals surface area contributed by atoms with Crippen molar-refractivity contribution in [1.82, 2.24) is 15.5 Å². The van der Waals surface area contributed by atoms with Gasteiger partial charge in [0, 0.05) is 6.20 Å². The second-order valence-corrected chi connectivity index (χ2v) is 4.79. The summed E-state index contributed by atoms with van der Waals surface area (Å²) >= 11 is 0. The van der Waals surface area contributed by atoms with Gasteiger partial charge >= 0.3 is 6.03 Å². The maximum Gasteiger partial charge on any atom is 0.326 e. The highest BCUT2D eigenvalue weighted by molar-refractivity contribution is 5.81. The number of rotatable bonds is 3. The molecule has 0 aromatic rings. The number of nitrogens with one attached hydrogen (secondary N) is 3. The molecule has 0 spiro atoms. The quantitative estimate of drug-likeness (QED) is 0.147. The van der Waals surface area contributed by atoms with Gasteiger partial charge in [0.2, 0.25) is 0 Å². The highest BCUT2D eigenvalue weighted by Gasteiger charge is 2.47. The van der Waals surface area contributed by atoms with Crippen molar-refractivity contribution in [2.75, 3.05) is 6.61 Å². The maximum atomic E-state index is 12.0. The first-order valence-corrected chi connectivity index (χ1v) is 6.11. The van der Waals surface area contributed by atoms with E-state index in [1.54, 1.807) is 0 Å². The van der Waals surface area contributed by atoms with Crippen LogP contribution in [0.1, 0.15) is 0 Å². The van der Waals surface area contributed by atoms with Gasteiger partial charge in [-0.3, -0.25) is 21.4 Å². The second-order valence-electron chi connectivity index (χ2n) is 4.79. The van der Waals surface area contributed by atoms with E-state index in [4.69, 9.17) is 26.7 Å². The van der Waals surface area contributed by atoms with Crippen LogP contribution in [0.5, 0.6) is 0 Å². The summed E-state index contributed by atoms with van der Waals surface area (Å²) in [4.78, 5) is 13.0. The number of hydrogen-bond acceptors (Lipinski definition) is 7. The molecule has 2 heterocycles. The highest BCUT2D eigenvalue weighted by Crippen LogP contribution is 2.25. The van der Waals surface area contributed by atoms with Crippen molar-refractivity contribution in [2.45, 2.75) is 30.3 Å². The van der Waals surface area contributed by atoms with Gasteiger partial charge in [-0.15, -0.1) is 0 Å². The zero-order valence-corrected chi connectivity index (χ0v) is 10.9. The van der Waals surface area contributed by atoms with Crippen LogP contribution < -0.4 is 22.1 Å². The van der Waals surface area contributed by atoms with E-state index in [-0.39, 0.29) is 0 Å². The minimum atomic E-state index is -1.54. The lowest BCUT2D eigenvalue weighted by atomic mass is 10.1. The first-order valence-electron chi connectivity index (χ1n) is 6.11. The van der Waals surface area contributed by atoms with Gasteiger partial charge in [0.25, 0.3) is 0 Å². The van der Waals surface area contributed by atoms with Crippen LogP contribution in [0.4, 0.5) is 4.79 Å². The van der Waals surface area contributed by atoms with E-state index in [2.05, 4.69) is 10.6 Å². The Morgan fingerprint density at radius 3 is 2.71 bits per heavy atom. The number of amides is 2. The Balaban J connectivity index is 2.14. The summed E-state index contributed by atoms with van der Waals surface area (Å²) < 4.78 is 5.23. The Bertz CT molecular complexity index is 473. The predicted octanol–water partition coefficient (Wildman–Crippen LogP) is -3.94. The summed E-state index contributed by atoms with van der Waals surface area (Å²) in [7, 11) is 0. The van der Waals surface area contributed by atoms with E-state index >= 15 is 0 Å². The molecule has 0 bridgehead atoms. The molecule has 11 nitrogen and oxygen atoms in total. The molecule has 2 rings (SSSR count). The molecule has 1 saturated heterocycles. The van der Waals surface area contributed by atoms with E-state index in [1.807, 2.05) is 0 Å². The van der Waals surface area contributed by atoms with Crippen molar-refractivity contribution >= 4 is 12.0 Å². The largest absolute Gasteiger partial charge is 0.394 e. The molecule has 0 aromatic heterocycles. The van der Waals surface area contributed by atoms with Gasteiger partial charge in [-0.1, -0.05) is 0 Å². The van der Waals surface area contributed by atoms with Gasteiger partial charge in [-0.2, -0.15) is 0 Å². The standard InChI is InChI=1S/C10H18N6O5/c11-8(12)14-10(13)1-2-16(9(20)15-10)7-6(19)5(18)4(3-17)21-7/h1-2,4-7,17-19H,3,13H2,(H,15,20)(H4,11,12,14)/t4-,5-,6-,7-,10?/m1/s1. The monoisotopic (exact) mass is 302 g/mol. The Labute approximate surface area is 119 Å². The van der Waals surface area contributed by atoms with Crippen molar-refractivity contribution in [3.63, 3.8) is 0 Å². The Hall–Kier alpha value is -1.92. The lowest BCUT2D eigenvalue weighted by Crippen LogP contribution is -2.71. The van der Waals surface area contributed by atoms with Gasteiger partial charge < -0.3 is 31.1 Å². The SMILES string of the molecule is N=C(N)NC1(N)C=CN([C@@H]2O[C@H](CO)[C@@H](O)[C@H]2O)C(=O)N1. The Kier molecular flexibility index (Phi) is 4.02. The summed E-state index contributed by atoms with van der Waals surface area (Å²) in [5, 5.41) is 40.3. The smallest absolute Gasteiger partial charge is 0.326 e. The van der Waals surface area contributed by atoms with Crippen molar-refractivity contribution in [1.29, 1.82) is 5.41 Å². The lowest BCUT2D eigenvalue weighted by molar-refractivity contribution is -0.0670. The molecule has 1 unspecified atom stereocenters. The van der Waals surface area contributed by atoms with Gasteiger partial charge in [-0.25, -0.2) is 4.79 Å². The molecule has 5 atom stereocenters. The number of carbonyl (C=O) groups is 1. The van der Waals surface area contributed by atoms with Gasteiger partial charge in [0.05, 0.1) is 6.61 Å². The van der Waals surface area contributed by atoms with E-state index in [9.17, 15) is 15.0 Å². The first kappa shape index (κ1) is 15.5. The van der Waals surface area contributed by atoms with Crippen LogP contribution in [0.25, 0.3) is 0 Å². The summed E-state index contributed by atoms with van der Waals surface area (Å²) in [6.07, 6.45) is -2.34. The molecule has 10 N–H and O–H groups in total. The number of hydrogen-bond donors (Lipinski definition) is 8. The van der Waals surface area contributed by atoms with Gasteiger partial charge in [-0.05, 0) is 6.08 Å². The number of nitrogens with zero attached hydrogens (tertiary/aromatic N) is 1. The molecule has 2 aliphatic rings. The highest BCUT2D eigenvalue weighted by atomic mass is 16.6. The van der Waals surface area contributed by atoms with E-state index < -0.39 is 48.9 Å². The summed E-state index contributed by atoms with van der Waals surface area (Å²) in [5.41, 5.74) is 10.9. The molecule has 11 heteroatoms. The molecule has 21 heavy (non-hydrogen) atoms. The van der Waals surface area contributed by atoms with Crippen LogP contribution >= 0.6 is 0 Å². The molecule has 2 amide bonds. The summed E-state index contributed by atoms with van der Waals surface area (Å²) in [6, 6.07) is -0.733. The van der Waals surface area contributed by atoms with E-state index in [0.717, 1.165) is 4.90 Å². The molecular formula is C10H18N6O5. The van der Waals surface area contributed by atoms with Crippen LogP contribution in [-0.2, 0) is 4.74 Å². The first-order chi connectivity index (χ1) is 9.77. The summed E-state index contributed by atoms with van der Waals surface area (Å²) in [6.45, 7) is -0.499. The Morgan fingerprint density at radius 1 is 1.57 bits per heavy atom. The fourth-order valence-corrected chi connectivity index (χ4v) is 2.15. The molecule has 1 fully saturated rings. The van der Waals surface area contributed by atoms with Crippen molar-refractivity contribution < 1.29 is 24.9 Å². The minimum Gasteiger partial charge on any atom is -0.394 e. The van der Waals surface area contributed by atoms with Crippen molar-refractivity contribution in [2.24, 2.45) is 11.5 Å². The fraction of sp³-hybridized carbons (Fsp3) is 0.600. The van der Waals surface area contributed by atoms with E-state index in [0.29, 0.717) is 0 Å². The van der Waals surface area contributed by atoms with Crippen LogP contribution in [0.2, 0.25) is 0 Å². The minimum absolute atomic E-state index is 0.441. The predicted molar refractivity (Wildman–Crippen MR) is 69.2 cm³/mol. The number of urea groups is 1. The summed E-state index contributed by atoms with van der Waals surface area (Å²) in [5.74, 6) is -1.98. The Morgan fingerprint density at radius 2 is 2.24 bits per heavy atom. The molecule has 0 radical (unpaired) electrons. The molecular weight excluding hydrogens is 284 g/mol. The topological polar surface area (TPSA) is 190 Å². The molecule has 118 valence electrons. The third-order valence-electron chi connectivity index (χ3n) is 3.18. The number of nitrogens with two attached hydrogens (primary N) is 2. The zero-order valence-electron chi connectivity index (χ0n) is 10.9. The van der Waals surface area contributed by atoms with Crippen LogP contribution in [0.3, 0.4) is 0 Å². The molecule has 0 saturated carbocycles. The molecule has 2 aliphatic heterocycles. The number of aliphatic hydroxyl groups is 3. The average Bonchev–Trinajstić information content (AvgIpc) is 2.65. The van der Waals surface area contributed by atoms with Crippen LogP contribution in [0.15, 0.2) is 12.3 Å². The molecule has 0 aromatic carbocycles. The molecule has 0 aliphatic carbocycles. The maximum absolute atomic E-state index is 12.0. The van der Waals surface area contributed by atoms with Gasteiger partial charge in [0.15, 0.2) is 18.0 Å². The average molecular weight is 302 g/mol. The van der Waals surface area contributed by atoms with E-state index in [1.165, 1.54) is 12.3 Å². The zero-order chi connectivity index (χ0) is 15.8. The normalized spacial score (nSPS) is 39.2. The lowest BCUT2D eigenvalue weighted by Gasteiger charge is -2.37. The van der Waals surface area contributed by atoms with Gasteiger partial charge in [0.1, 0.15) is 18.3 Å². The number of guanidine groups is 1. The number of aliphatic hydroxyl groups excluding tert-OH is 3. The van der Waals surface area contributed by atoms with Crippen LogP contribution in [0, 0.1) is 5.41 Å². The number of carbonyl (C=O) groups excluding carboxylic acids is 1.